The number of halogens is 3. The van der Waals surface area contributed by atoms with Gasteiger partial charge in [-0.15, -0.1) is 0 Å². The molecule has 0 amide bonds. The summed E-state index contributed by atoms with van der Waals surface area (Å²) < 4.78 is 56.0. The lowest BCUT2D eigenvalue weighted by atomic mass is 10.1. The summed E-state index contributed by atoms with van der Waals surface area (Å²) in [4.78, 5) is 26.2. The van der Waals surface area contributed by atoms with E-state index in [0.717, 1.165) is 21.5 Å². The maximum absolute atomic E-state index is 13.8. The number of hydrogen-bond acceptors (Lipinski definition) is 10. The number of fused-ring (bicyclic) bond motifs is 1. The molecule has 0 bridgehead atoms. The van der Waals surface area contributed by atoms with Gasteiger partial charge in [0.1, 0.15) is 18.1 Å². The molecule has 1 fully saturated rings. The summed E-state index contributed by atoms with van der Waals surface area (Å²) in [7, 11) is -0.0141. The van der Waals surface area contributed by atoms with Crippen LogP contribution in [0.4, 0.5) is 19.0 Å². The fourth-order valence-electron chi connectivity index (χ4n) is 3.41. The van der Waals surface area contributed by atoms with Gasteiger partial charge >= 0.3 is 14.2 Å². The molecule has 0 aliphatic carbocycles. The van der Waals surface area contributed by atoms with Crippen LogP contribution in [0.15, 0.2) is 53.5 Å². The first-order valence-electron chi connectivity index (χ1n) is 12.4. The minimum Gasteiger partial charge on any atom is -0.436 e. The monoisotopic (exact) mass is 602 g/mol. The molecule has 2 aromatic carbocycles. The maximum Gasteiger partial charge on any atom is 0.351 e. The molecule has 1 aromatic heterocycles. The molecule has 0 radical (unpaired) electrons. The number of ether oxygens (including phenoxy) is 2. The van der Waals surface area contributed by atoms with Crippen LogP contribution in [0.25, 0.3) is 10.8 Å². The van der Waals surface area contributed by atoms with E-state index in [1.165, 1.54) is 0 Å². The molecule has 4 unspecified atom stereocenters. The van der Waals surface area contributed by atoms with Crippen LogP contribution in [0.2, 0.25) is 0 Å². The Bertz CT molecular complexity index is 1290. The molecule has 4 N–H and O–H groups in total. The third-order valence-electron chi connectivity index (χ3n) is 5.44. The second-order valence-corrected chi connectivity index (χ2v) is 9.95. The lowest BCUT2D eigenvalue weighted by molar-refractivity contribution is -0.107. The minimum absolute atomic E-state index is 0.00165. The molecule has 4 atom stereocenters. The quantitative estimate of drug-likeness (QED) is 0.231. The van der Waals surface area contributed by atoms with Gasteiger partial charge in [-0.2, -0.15) is 4.98 Å². The highest BCUT2D eigenvalue weighted by Gasteiger charge is 2.37. The van der Waals surface area contributed by atoms with E-state index >= 15 is 0 Å². The van der Waals surface area contributed by atoms with Crippen LogP contribution in [0, 0.1) is 5.82 Å². The van der Waals surface area contributed by atoms with Crippen molar-refractivity contribution < 1.29 is 41.6 Å². The fourth-order valence-corrected chi connectivity index (χ4v) is 4.45. The second-order valence-electron chi connectivity index (χ2n) is 8.68. The summed E-state index contributed by atoms with van der Waals surface area (Å²) in [6.07, 6.45) is -0.778. The van der Waals surface area contributed by atoms with Crippen molar-refractivity contribution in [3.63, 3.8) is 0 Å². The molecule has 11 nitrogen and oxygen atoms in total. The second kappa shape index (κ2) is 17.6. The molecule has 1 aliphatic heterocycles. The Hall–Kier alpha value is -3.13. The number of aldehydes is 1. The van der Waals surface area contributed by atoms with E-state index in [9.17, 15) is 27.9 Å². The first-order chi connectivity index (χ1) is 19.6. The fraction of sp³-hybridized carbons (Fsp3) is 0.423. The lowest BCUT2D eigenvalue weighted by Gasteiger charge is -2.20. The smallest absolute Gasteiger partial charge is 0.351 e. The van der Waals surface area contributed by atoms with E-state index in [0.29, 0.717) is 18.1 Å². The molecular weight excluding hydrogens is 568 g/mol. The number of anilines is 1. The van der Waals surface area contributed by atoms with Gasteiger partial charge in [0.2, 0.25) is 6.93 Å². The van der Waals surface area contributed by atoms with Crippen LogP contribution in [-0.2, 0) is 18.8 Å². The Labute approximate surface area is 236 Å². The van der Waals surface area contributed by atoms with Crippen LogP contribution in [0.1, 0.15) is 26.5 Å². The highest BCUT2D eigenvalue weighted by molar-refractivity contribution is 7.45. The first kappa shape index (κ1) is 34.1. The number of alkyl halides is 2. The number of nitrogens with one attached hydrogen (secondary N) is 1. The van der Waals surface area contributed by atoms with Crippen molar-refractivity contribution in [3.8, 4) is 5.75 Å². The number of nitrogen functional groups attached to an aromatic ring is 1. The summed E-state index contributed by atoms with van der Waals surface area (Å²) in [5.74, 6) is -0.865. The molecule has 2 heterocycles. The predicted molar refractivity (Wildman–Crippen MR) is 148 cm³/mol. The molecule has 41 heavy (non-hydrogen) atoms. The van der Waals surface area contributed by atoms with Gasteiger partial charge in [0.25, 0.3) is 0 Å². The van der Waals surface area contributed by atoms with Crippen LogP contribution in [-0.4, -0.2) is 66.4 Å². The van der Waals surface area contributed by atoms with Crippen molar-refractivity contribution in [1.29, 1.82) is 0 Å². The number of aliphatic hydroxyl groups excluding tert-OH is 1. The third kappa shape index (κ3) is 11.0. The Kier molecular flexibility index (Phi) is 14.7. The van der Waals surface area contributed by atoms with E-state index in [4.69, 9.17) is 24.3 Å². The molecular formula is C26H34F3N4O7P. The van der Waals surface area contributed by atoms with Gasteiger partial charge in [0, 0.05) is 13.5 Å². The van der Waals surface area contributed by atoms with E-state index in [-0.39, 0.29) is 19.6 Å². The van der Waals surface area contributed by atoms with Crippen molar-refractivity contribution in [2.24, 2.45) is 0 Å². The van der Waals surface area contributed by atoms with Crippen LogP contribution < -0.4 is 21.0 Å². The highest BCUT2D eigenvalue weighted by Crippen LogP contribution is 2.38. The average molecular weight is 603 g/mol. The van der Waals surface area contributed by atoms with Crippen molar-refractivity contribution >= 4 is 31.4 Å². The number of aromatic nitrogens is 2. The first-order valence-corrected chi connectivity index (χ1v) is 13.6. The Morgan fingerprint density at radius 2 is 1.93 bits per heavy atom. The molecule has 0 spiro atoms. The van der Waals surface area contributed by atoms with Gasteiger partial charge in [0.15, 0.2) is 17.9 Å². The molecule has 0 saturated carbocycles. The summed E-state index contributed by atoms with van der Waals surface area (Å²) >= 11 is 0. The van der Waals surface area contributed by atoms with Crippen LogP contribution >= 0.6 is 8.53 Å². The van der Waals surface area contributed by atoms with Gasteiger partial charge in [-0.25, -0.2) is 23.1 Å². The number of nitrogens with two attached hydrogens (primary N) is 1. The standard InChI is InChI=1S/C21H22FN4O6P.C4H10O.CH2F2/c22-17-11-26(21(29)25-19(17)23)20-18(28)10-16(31-20)12-30-33(24-7-8-27)32-15-6-5-13-3-1-2-4-14(13)9-15;1-4(2)5-3;2-1-3/h1-6,8-9,11,16,18,20,24,28H,7,10,12H2,(H2,23,25,29);4H,1-3H3;1H2. The maximum atomic E-state index is 13.8. The van der Waals surface area contributed by atoms with Crippen molar-refractivity contribution in [2.45, 2.75) is 44.8 Å². The zero-order chi connectivity index (χ0) is 30.4. The molecule has 3 aromatic rings. The summed E-state index contributed by atoms with van der Waals surface area (Å²) in [5, 5.41) is 15.2. The number of benzene rings is 2. The number of hydrogen-bond donors (Lipinski definition) is 3. The molecule has 1 saturated heterocycles. The Morgan fingerprint density at radius 1 is 1.27 bits per heavy atom. The van der Waals surface area contributed by atoms with Crippen molar-refractivity contribution in [1.82, 2.24) is 14.6 Å². The van der Waals surface area contributed by atoms with E-state index < -0.39 is 51.2 Å². The highest BCUT2D eigenvalue weighted by atomic mass is 31.2. The van der Waals surface area contributed by atoms with Gasteiger partial charge in [-0.3, -0.25) is 4.57 Å². The molecule has 226 valence electrons. The van der Waals surface area contributed by atoms with Crippen LogP contribution in [0.3, 0.4) is 0 Å². The lowest BCUT2D eigenvalue weighted by Crippen LogP contribution is -2.32. The van der Waals surface area contributed by atoms with E-state index in [1.54, 1.807) is 13.2 Å². The minimum atomic E-state index is -1.75. The Morgan fingerprint density at radius 3 is 2.56 bits per heavy atom. The van der Waals surface area contributed by atoms with E-state index in [1.807, 2.05) is 50.2 Å². The summed E-state index contributed by atoms with van der Waals surface area (Å²) in [6, 6.07) is 13.4. The number of carbonyl (C=O) groups excluding carboxylic acids is 1. The van der Waals surface area contributed by atoms with Crippen molar-refractivity contribution in [2.75, 3.05) is 32.9 Å². The van der Waals surface area contributed by atoms with Gasteiger partial charge in [-0.05, 0) is 36.8 Å². The average Bonchev–Trinajstić information content (AvgIpc) is 3.32. The summed E-state index contributed by atoms with van der Waals surface area (Å²) in [5.41, 5.74) is 4.46. The zero-order valence-electron chi connectivity index (χ0n) is 22.8. The van der Waals surface area contributed by atoms with Gasteiger partial charge < -0.3 is 34.2 Å². The van der Waals surface area contributed by atoms with Gasteiger partial charge in [0.05, 0.1) is 31.6 Å². The number of rotatable bonds is 10. The van der Waals surface area contributed by atoms with Crippen LogP contribution in [0.5, 0.6) is 5.75 Å². The normalized spacial score (nSPS) is 18.7. The van der Waals surface area contributed by atoms with Gasteiger partial charge in [-0.1, -0.05) is 30.3 Å². The number of methoxy groups -OCH3 is 1. The summed E-state index contributed by atoms with van der Waals surface area (Å²) in [6.45, 7) is 2.26. The zero-order valence-corrected chi connectivity index (χ0v) is 23.7. The van der Waals surface area contributed by atoms with Crippen molar-refractivity contribution in [3.05, 3.63) is 65.0 Å². The number of carbonyl (C=O) groups is 1. The third-order valence-corrected chi connectivity index (χ3v) is 6.64. The number of nitrogens with zero attached hydrogens (tertiary/aromatic N) is 2. The molecule has 4 rings (SSSR count). The SMILES string of the molecule is COC(C)C.FCF.Nc1nc(=O)n(C2OC(COP(NCC=O)Oc3ccc4ccccc4c3)CC2O)cc1F. The molecule has 15 heteroatoms. The number of aliphatic hydroxyl groups is 1. The predicted octanol–water partition coefficient (Wildman–Crippen LogP) is 3.80. The van der Waals surface area contributed by atoms with E-state index in [2.05, 4.69) is 10.1 Å². The topological polar surface area (TPSA) is 147 Å². The molecule has 1 aliphatic rings. The Balaban J connectivity index is 0.000000653. The largest absolute Gasteiger partial charge is 0.436 e.